The van der Waals surface area contributed by atoms with Crippen LogP contribution in [0.25, 0.3) is 0 Å². The van der Waals surface area contributed by atoms with Crippen molar-refractivity contribution >= 4 is 0 Å². The number of hydrogen-bond acceptors (Lipinski definition) is 5. The number of aliphatic hydroxyl groups excluding tert-OH is 3. The van der Waals surface area contributed by atoms with Crippen LogP contribution in [0.4, 0.5) is 0 Å². The Bertz CT molecular complexity index is 187. The average molecular weight is 234 g/mol. The molecule has 0 aromatic carbocycles. The van der Waals surface area contributed by atoms with Gasteiger partial charge in [-0.25, -0.2) is 0 Å². The van der Waals surface area contributed by atoms with Crippen molar-refractivity contribution in [1.82, 2.24) is 0 Å². The van der Waals surface area contributed by atoms with Gasteiger partial charge < -0.3 is 24.8 Å². The minimum atomic E-state index is -1.03. The minimum absolute atomic E-state index is 0.254. The molecule has 1 heterocycles. The number of unbranched alkanes of at least 4 members (excludes halogenated alkanes) is 2. The molecule has 1 fully saturated rings. The Morgan fingerprint density at radius 3 is 2.69 bits per heavy atom. The zero-order valence-corrected chi connectivity index (χ0v) is 9.71. The predicted octanol–water partition coefficient (Wildman–Crippen LogP) is 0.0223. The van der Waals surface area contributed by atoms with Gasteiger partial charge in [0.05, 0.1) is 12.7 Å². The van der Waals surface area contributed by atoms with Crippen LogP contribution in [0.2, 0.25) is 0 Å². The van der Waals surface area contributed by atoms with Crippen molar-refractivity contribution in [2.75, 3.05) is 13.2 Å². The normalized spacial score (nSPS) is 35.2. The highest BCUT2D eigenvalue weighted by Gasteiger charge is 2.36. The largest absolute Gasteiger partial charge is 0.394 e. The molecule has 3 N–H and O–H groups in total. The highest BCUT2D eigenvalue weighted by molar-refractivity contribution is 4.82. The molecule has 1 saturated heterocycles. The first-order chi connectivity index (χ1) is 7.69. The van der Waals surface area contributed by atoms with Gasteiger partial charge in [-0.3, -0.25) is 0 Å². The molecule has 0 aromatic rings. The van der Waals surface area contributed by atoms with Gasteiger partial charge in [0.15, 0.2) is 6.29 Å². The van der Waals surface area contributed by atoms with Crippen molar-refractivity contribution in [3.8, 4) is 0 Å². The zero-order chi connectivity index (χ0) is 12.0. The quantitative estimate of drug-likeness (QED) is 0.565. The molecule has 0 radical (unpaired) electrons. The van der Waals surface area contributed by atoms with E-state index in [9.17, 15) is 10.2 Å². The first-order valence-electron chi connectivity index (χ1n) is 5.93. The molecule has 0 bridgehead atoms. The Morgan fingerprint density at radius 2 is 2.06 bits per heavy atom. The molecule has 1 rings (SSSR count). The molecule has 0 aromatic heterocycles. The molecule has 0 amide bonds. The van der Waals surface area contributed by atoms with Gasteiger partial charge in [-0.05, 0) is 6.42 Å². The maximum atomic E-state index is 9.53. The fraction of sp³-hybridized carbons (Fsp3) is 1.00. The SMILES string of the molecule is CCCCCO[C@@H]1C[C@@H](O)[C@H](O)[C@@H](CO)O1. The number of aliphatic hydroxyl groups is 3. The second kappa shape index (κ2) is 7.19. The van der Waals surface area contributed by atoms with Crippen LogP contribution >= 0.6 is 0 Å². The molecule has 5 heteroatoms. The van der Waals surface area contributed by atoms with Crippen LogP contribution in [0.3, 0.4) is 0 Å². The summed E-state index contributed by atoms with van der Waals surface area (Å²) in [7, 11) is 0. The Morgan fingerprint density at radius 1 is 1.31 bits per heavy atom. The van der Waals surface area contributed by atoms with E-state index in [4.69, 9.17) is 14.6 Å². The maximum Gasteiger partial charge on any atom is 0.160 e. The van der Waals surface area contributed by atoms with E-state index in [2.05, 4.69) is 6.92 Å². The van der Waals surface area contributed by atoms with E-state index in [1.807, 2.05) is 0 Å². The highest BCUT2D eigenvalue weighted by atomic mass is 16.7. The molecule has 1 aliphatic rings. The van der Waals surface area contributed by atoms with E-state index in [1.54, 1.807) is 0 Å². The van der Waals surface area contributed by atoms with E-state index >= 15 is 0 Å². The van der Waals surface area contributed by atoms with E-state index in [0.717, 1.165) is 19.3 Å². The van der Waals surface area contributed by atoms with Crippen LogP contribution in [-0.2, 0) is 9.47 Å². The minimum Gasteiger partial charge on any atom is -0.394 e. The summed E-state index contributed by atoms with van der Waals surface area (Å²) in [4.78, 5) is 0. The summed E-state index contributed by atoms with van der Waals surface area (Å²) < 4.78 is 10.7. The summed E-state index contributed by atoms with van der Waals surface area (Å²) in [5.74, 6) is 0. The lowest BCUT2D eigenvalue weighted by Gasteiger charge is -2.36. The molecule has 0 aliphatic carbocycles. The summed E-state index contributed by atoms with van der Waals surface area (Å²) in [6.07, 6.45) is 0.245. The van der Waals surface area contributed by atoms with E-state index in [-0.39, 0.29) is 13.0 Å². The smallest absolute Gasteiger partial charge is 0.160 e. The Labute approximate surface area is 96.0 Å². The van der Waals surface area contributed by atoms with Crippen LogP contribution in [-0.4, -0.2) is 53.1 Å². The monoisotopic (exact) mass is 234 g/mol. The molecular weight excluding hydrogens is 212 g/mol. The number of rotatable bonds is 6. The fourth-order valence-corrected chi connectivity index (χ4v) is 1.74. The van der Waals surface area contributed by atoms with Gasteiger partial charge in [0.25, 0.3) is 0 Å². The van der Waals surface area contributed by atoms with Crippen molar-refractivity contribution in [2.24, 2.45) is 0 Å². The van der Waals surface area contributed by atoms with Gasteiger partial charge in [0.2, 0.25) is 0 Å². The van der Waals surface area contributed by atoms with Crippen molar-refractivity contribution in [3.05, 3.63) is 0 Å². The van der Waals surface area contributed by atoms with E-state index < -0.39 is 24.6 Å². The van der Waals surface area contributed by atoms with Crippen molar-refractivity contribution in [2.45, 2.75) is 57.2 Å². The van der Waals surface area contributed by atoms with Gasteiger partial charge in [-0.15, -0.1) is 0 Å². The molecule has 0 spiro atoms. The molecule has 0 unspecified atom stereocenters. The van der Waals surface area contributed by atoms with Gasteiger partial charge in [-0.1, -0.05) is 19.8 Å². The van der Waals surface area contributed by atoms with E-state index in [0.29, 0.717) is 6.61 Å². The lowest BCUT2D eigenvalue weighted by atomic mass is 10.0. The van der Waals surface area contributed by atoms with Crippen LogP contribution in [0.1, 0.15) is 32.6 Å². The lowest BCUT2D eigenvalue weighted by molar-refractivity contribution is -0.256. The molecule has 0 saturated carbocycles. The third-order valence-electron chi connectivity index (χ3n) is 2.77. The van der Waals surface area contributed by atoms with Crippen molar-refractivity contribution in [1.29, 1.82) is 0 Å². The second-order valence-electron chi connectivity index (χ2n) is 4.16. The van der Waals surface area contributed by atoms with E-state index in [1.165, 1.54) is 0 Å². The average Bonchev–Trinajstić information content (AvgIpc) is 2.29. The van der Waals surface area contributed by atoms with Gasteiger partial charge in [-0.2, -0.15) is 0 Å². The lowest BCUT2D eigenvalue weighted by Crippen LogP contribution is -2.50. The first kappa shape index (κ1) is 13.9. The summed E-state index contributed by atoms with van der Waals surface area (Å²) in [5, 5.41) is 28.0. The number of ether oxygens (including phenoxy) is 2. The van der Waals surface area contributed by atoms with Gasteiger partial charge >= 0.3 is 0 Å². The predicted molar refractivity (Wildman–Crippen MR) is 57.9 cm³/mol. The summed E-state index contributed by atoms with van der Waals surface area (Å²) in [6.45, 7) is 2.38. The molecular formula is C11H22O5. The highest BCUT2D eigenvalue weighted by Crippen LogP contribution is 2.21. The summed E-state index contributed by atoms with van der Waals surface area (Å²) in [5.41, 5.74) is 0. The van der Waals surface area contributed by atoms with Gasteiger partial charge in [0.1, 0.15) is 12.2 Å². The Hall–Kier alpha value is -0.200. The van der Waals surface area contributed by atoms with Crippen LogP contribution < -0.4 is 0 Å². The molecule has 96 valence electrons. The third-order valence-corrected chi connectivity index (χ3v) is 2.77. The van der Waals surface area contributed by atoms with Crippen molar-refractivity contribution in [3.63, 3.8) is 0 Å². The van der Waals surface area contributed by atoms with Crippen LogP contribution in [0.15, 0.2) is 0 Å². The molecule has 4 atom stereocenters. The number of hydrogen-bond donors (Lipinski definition) is 3. The molecule has 5 nitrogen and oxygen atoms in total. The Kier molecular flexibility index (Phi) is 6.23. The van der Waals surface area contributed by atoms with Crippen LogP contribution in [0, 0.1) is 0 Å². The Balaban J connectivity index is 2.27. The topological polar surface area (TPSA) is 79.2 Å². The van der Waals surface area contributed by atoms with Crippen molar-refractivity contribution < 1.29 is 24.8 Å². The first-order valence-corrected chi connectivity index (χ1v) is 5.93. The third kappa shape index (κ3) is 3.99. The molecule has 1 aliphatic heterocycles. The summed E-state index contributed by atoms with van der Waals surface area (Å²) in [6, 6.07) is 0. The second-order valence-corrected chi connectivity index (χ2v) is 4.16. The maximum absolute atomic E-state index is 9.53. The molecule has 16 heavy (non-hydrogen) atoms. The van der Waals surface area contributed by atoms with Crippen LogP contribution in [0.5, 0.6) is 0 Å². The van der Waals surface area contributed by atoms with Gasteiger partial charge in [0, 0.05) is 13.0 Å². The zero-order valence-electron chi connectivity index (χ0n) is 9.71. The fourth-order valence-electron chi connectivity index (χ4n) is 1.74. The summed E-state index contributed by atoms with van der Waals surface area (Å²) >= 11 is 0. The standard InChI is InChI=1S/C11H22O5/c1-2-3-4-5-15-10-6-8(13)11(14)9(7-12)16-10/h8-14H,2-7H2,1H3/t8-,9-,10+,11+/m1/s1.